The van der Waals surface area contributed by atoms with E-state index in [0.717, 1.165) is 16.9 Å². The van der Waals surface area contributed by atoms with Gasteiger partial charge in [0.1, 0.15) is 5.82 Å². The first-order chi connectivity index (χ1) is 14.4. The van der Waals surface area contributed by atoms with E-state index in [4.69, 9.17) is 4.74 Å². The lowest BCUT2D eigenvalue weighted by molar-refractivity contribution is -0.127. The van der Waals surface area contributed by atoms with E-state index in [0.29, 0.717) is 5.56 Å². The molecule has 1 atom stereocenters. The number of aromatic nitrogens is 2. The molecule has 0 bridgehead atoms. The molecule has 1 heterocycles. The van der Waals surface area contributed by atoms with Gasteiger partial charge in [0.25, 0.3) is 0 Å². The topological polar surface area (TPSA) is 67.5 Å². The van der Waals surface area contributed by atoms with Crippen molar-refractivity contribution in [3.8, 4) is 11.5 Å². The van der Waals surface area contributed by atoms with Crippen LogP contribution in [0.5, 0.6) is 11.5 Å². The minimum absolute atomic E-state index is 0.0155. The molecule has 30 heavy (non-hydrogen) atoms. The second-order valence-electron chi connectivity index (χ2n) is 6.71. The van der Waals surface area contributed by atoms with Gasteiger partial charge < -0.3 is 19.4 Å². The van der Waals surface area contributed by atoms with Crippen molar-refractivity contribution < 1.29 is 23.0 Å². The predicted octanol–water partition coefficient (Wildman–Crippen LogP) is 4.63. The summed E-state index contributed by atoms with van der Waals surface area (Å²) in [4.78, 5) is 21.9. The van der Waals surface area contributed by atoms with Gasteiger partial charge in [0.05, 0.1) is 29.1 Å². The first-order valence-corrected chi connectivity index (χ1v) is 10.3. The Morgan fingerprint density at radius 3 is 2.70 bits per heavy atom. The molecule has 3 aromatic rings. The zero-order valence-electron chi connectivity index (χ0n) is 16.9. The molecule has 0 aliphatic heterocycles. The number of aromatic amines is 1. The number of benzene rings is 2. The lowest BCUT2D eigenvalue weighted by Crippen LogP contribution is -2.28. The van der Waals surface area contributed by atoms with Crippen LogP contribution in [0.4, 0.5) is 8.78 Å². The van der Waals surface area contributed by atoms with Crippen molar-refractivity contribution in [1.82, 2.24) is 14.9 Å². The Balaban J connectivity index is 1.57. The van der Waals surface area contributed by atoms with E-state index in [1.165, 1.54) is 24.9 Å². The fourth-order valence-corrected chi connectivity index (χ4v) is 3.80. The lowest BCUT2D eigenvalue weighted by Gasteiger charge is -2.19. The van der Waals surface area contributed by atoms with Gasteiger partial charge in [-0.2, -0.15) is 8.78 Å². The lowest BCUT2D eigenvalue weighted by atomic mass is 10.2. The van der Waals surface area contributed by atoms with Crippen LogP contribution in [0.3, 0.4) is 0 Å². The van der Waals surface area contributed by atoms with E-state index < -0.39 is 6.61 Å². The minimum atomic E-state index is -2.95. The maximum Gasteiger partial charge on any atom is 0.387 e. The third kappa shape index (κ3) is 5.41. The van der Waals surface area contributed by atoms with E-state index in [2.05, 4.69) is 14.7 Å². The smallest absolute Gasteiger partial charge is 0.387 e. The molecule has 0 saturated carbocycles. The van der Waals surface area contributed by atoms with Gasteiger partial charge in [-0.25, -0.2) is 4.98 Å². The summed E-state index contributed by atoms with van der Waals surface area (Å²) in [6, 6.07) is 12.5. The monoisotopic (exact) mass is 435 g/mol. The largest absolute Gasteiger partial charge is 0.493 e. The molecular weight excluding hydrogens is 412 g/mol. The summed E-state index contributed by atoms with van der Waals surface area (Å²) in [6.45, 7) is -0.695. The Hall–Kier alpha value is -2.81. The number of nitrogens with zero attached hydrogens (tertiary/aromatic N) is 2. The molecule has 0 aliphatic carbocycles. The number of para-hydroxylation sites is 2. The number of ether oxygens (including phenoxy) is 2. The molecule has 0 fully saturated rings. The Labute approximate surface area is 177 Å². The van der Waals surface area contributed by atoms with E-state index in [9.17, 15) is 13.6 Å². The number of thioether (sulfide) groups is 1. The van der Waals surface area contributed by atoms with Gasteiger partial charge in [-0.15, -0.1) is 11.8 Å². The molecule has 9 heteroatoms. The number of imidazole rings is 1. The Morgan fingerprint density at radius 1 is 1.23 bits per heavy atom. The third-order valence-electron chi connectivity index (χ3n) is 4.54. The second kappa shape index (κ2) is 9.80. The van der Waals surface area contributed by atoms with Crippen LogP contribution in [0.15, 0.2) is 42.5 Å². The van der Waals surface area contributed by atoms with Crippen LogP contribution >= 0.6 is 11.8 Å². The summed E-state index contributed by atoms with van der Waals surface area (Å²) >= 11 is 1.48. The Kier molecular flexibility index (Phi) is 7.15. The average Bonchev–Trinajstić information content (AvgIpc) is 3.16. The highest BCUT2D eigenvalue weighted by Crippen LogP contribution is 2.30. The fourth-order valence-electron chi connectivity index (χ4n) is 2.92. The van der Waals surface area contributed by atoms with E-state index in [-0.39, 0.29) is 35.0 Å². The molecule has 0 spiro atoms. The van der Waals surface area contributed by atoms with Gasteiger partial charge in [0.15, 0.2) is 11.5 Å². The number of amides is 1. The van der Waals surface area contributed by atoms with Gasteiger partial charge in [-0.05, 0) is 36.8 Å². The summed E-state index contributed by atoms with van der Waals surface area (Å²) in [7, 11) is 3.05. The second-order valence-corrected chi connectivity index (χ2v) is 8.04. The minimum Gasteiger partial charge on any atom is -0.493 e. The quantitative estimate of drug-likeness (QED) is 0.531. The molecule has 1 N–H and O–H groups in total. The zero-order valence-corrected chi connectivity index (χ0v) is 17.7. The Bertz CT molecular complexity index is 979. The highest BCUT2D eigenvalue weighted by Gasteiger charge is 2.17. The van der Waals surface area contributed by atoms with Crippen LogP contribution in [0.2, 0.25) is 0 Å². The van der Waals surface area contributed by atoms with E-state index in [1.54, 1.807) is 24.1 Å². The van der Waals surface area contributed by atoms with Crippen LogP contribution in [-0.4, -0.2) is 47.3 Å². The number of hydrogen-bond acceptors (Lipinski definition) is 5. The predicted molar refractivity (Wildman–Crippen MR) is 113 cm³/mol. The molecule has 6 nitrogen and oxygen atoms in total. The van der Waals surface area contributed by atoms with Crippen LogP contribution in [-0.2, 0) is 11.3 Å². The number of alkyl halides is 2. The van der Waals surface area contributed by atoms with Gasteiger partial charge >= 0.3 is 6.61 Å². The number of H-pyrrole nitrogens is 1. The number of carbonyl (C=O) groups is 1. The van der Waals surface area contributed by atoms with E-state index >= 15 is 0 Å². The number of fused-ring (bicyclic) bond motifs is 1. The molecule has 3 rings (SSSR count). The number of nitrogens with one attached hydrogen (secondary N) is 1. The number of methoxy groups -OCH3 is 1. The highest BCUT2D eigenvalue weighted by atomic mass is 32.2. The van der Waals surface area contributed by atoms with Crippen molar-refractivity contribution in [3.63, 3.8) is 0 Å². The summed E-state index contributed by atoms with van der Waals surface area (Å²) in [5, 5.41) is 0.0155. The molecule has 0 aliphatic rings. The SMILES string of the molecule is COc1ccc(CN(C)C(=O)CSC(C)c2nc3ccccc3[nH]2)cc1OC(F)F. The average molecular weight is 435 g/mol. The first kappa shape index (κ1) is 21.9. The number of carbonyl (C=O) groups excluding carboxylic acids is 1. The standard InChI is InChI=1S/C21H23F2N3O3S/c1-13(20-24-15-6-4-5-7-16(15)25-20)30-12-19(27)26(2)11-14-8-9-17(28-3)18(10-14)29-21(22)23/h4-10,13,21H,11-12H2,1-3H3,(H,24,25). The van der Waals surface area contributed by atoms with Gasteiger partial charge in [0, 0.05) is 13.6 Å². The van der Waals surface area contributed by atoms with Crippen molar-refractivity contribution in [2.45, 2.75) is 25.3 Å². The van der Waals surface area contributed by atoms with Gasteiger partial charge in [-0.1, -0.05) is 18.2 Å². The molecular formula is C21H23F2N3O3S. The molecule has 1 amide bonds. The number of hydrogen-bond donors (Lipinski definition) is 1. The van der Waals surface area contributed by atoms with Crippen molar-refractivity contribution in [1.29, 1.82) is 0 Å². The molecule has 2 aromatic carbocycles. The van der Waals surface area contributed by atoms with Crippen molar-refractivity contribution in [2.75, 3.05) is 19.9 Å². The third-order valence-corrected chi connectivity index (χ3v) is 5.68. The maximum atomic E-state index is 12.6. The van der Waals surface area contributed by atoms with Crippen molar-refractivity contribution in [3.05, 3.63) is 53.9 Å². The fraction of sp³-hybridized carbons (Fsp3) is 0.333. The first-order valence-electron chi connectivity index (χ1n) is 9.29. The molecule has 1 unspecified atom stereocenters. The van der Waals surface area contributed by atoms with Gasteiger partial charge in [-0.3, -0.25) is 4.79 Å². The summed E-state index contributed by atoms with van der Waals surface area (Å²) < 4.78 is 34.7. The van der Waals surface area contributed by atoms with Crippen LogP contribution in [0, 0.1) is 0 Å². The van der Waals surface area contributed by atoms with Gasteiger partial charge in [0.2, 0.25) is 5.91 Å². The maximum absolute atomic E-state index is 12.6. The van der Waals surface area contributed by atoms with Crippen molar-refractivity contribution >= 4 is 28.7 Å². The molecule has 1 aromatic heterocycles. The van der Waals surface area contributed by atoms with Crippen LogP contribution < -0.4 is 9.47 Å². The van der Waals surface area contributed by atoms with Crippen LogP contribution in [0.1, 0.15) is 23.6 Å². The number of rotatable bonds is 9. The Morgan fingerprint density at radius 2 is 2.00 bits per heavy atom. The summed E-state index contributed by atoms with van der Waals surface area (Å²) in [5.74, 6) is 1.17. The normalized spacial score (nSPS) is 12.2. The highest BCUT2D eigenvalue weighted by molar-refractivity contribution is 8.00. The molecule has 0 saturated heterocycles. The molecule has 160 valence electrons. The van der Waals surface area contributed by atoms with Crippen molar-refractivity contribution in [2.24, 2.45) is 0 Å². The molecule has 0 radical (unpaired) electrons. The van der Waals surface area contributed by atoms with E-state index in [1.807, 2.05) is 31.2 Å². The van der Waals surface area contributed by atoms with Crippen LogP contribution in [0.25, 0.3) is 11.0 Å². The number of halogens is 2. The summed E-state index contributed by atoms with van der Waals surface area (Å²) in [5.41, 5.74) is 2.52. The zero-order chi connectivity index (χ0) is 21.7. The summed E-state index contributed by atoms with van der Waals surface area (Å²) in [6.07, 6.45) is 0.